The molecule has 4 rings (SSSR count). The minimum absolute atomic E-state index is 0.0665. The van der Waals surface area contributed by atoms with Crippen molar-refractivity contribution >= 4 is 69.7 Å². The number of carboxylic acid groups (broad SMARTS) is 1. The third-order valence-corrected chi connectivity index (χ3v) is 9.36. The summed E-state index contributed by atoms with van der Waals surface area (Å²) in [6.07, 6.45) is 3.36. The number of hydrogen-bond donors (Lipinski definition) is 4. The van der Waals surface area contributed by atoms with E-state index < -0.39 is 35.2 Å². The van der Waals surface area contributed by atoms with Crippen LogP contribution in [-0.4, -0.2) is 71.6 Å². The van der Waals surface area contributed by atoms with Gasteiger partial charge >= 0.3 is 5.97 Å². The van der Waals surface area contributed by atoms with Crippen molar-refractivity contribution in [3.8, 4) is 0 Å². The molecule has 2 amide bonds. The van der Waals surface area contributed by atoms with E-state index in [1.807, 2.05) is 0 Å². The van der Waals surface area contributed by atoms with Crippen LogP contribution in [0.15, 0.2) is 39.1 Å². The van der Waals surface area contributed by atoms with Gasteiger partial charge in [-0.1, -0.05) is 11.8 Å². The molecule has 6 N–H and O–H groups in total. The highest BCUT2D eigenvalue weighted by Crippen LogP contribution is 2.46. The molecule has 1 fully saturated rings. The number of nitrogens with two attached hydrogens (primary N) is 2. The Labute approximate surface area is 221 Å². The zero-order valence-electron chi connectivity index (χ0n) is 18.4. The summed E-state index contributed by atoms with van der Waals surface area (Å²) >= 11 is 5.05. The molecule has 190 valence electrons. The fourth-order valence-corrected chi connectivity index (χ4v) is 7.37. The molecule has 3 unspecified atom stereocenters. The lowest BCUT2D eigenvalue weighted by Crippen LogP contribution is -2.70. The number of nitroso groups, excluding NO2 is 1. The summed E-state index contributed by atoms with van der Waals surface area (Å²) in [5.74, 6) is -1.11. The molecule has 0 spiro atoms. The summed E-state index contributed by atoms with van der Waals surface area (Å²) in [6, 6.07) is -0.788. The van der Waals surface area contributed by atoms with Gasteiger partial charge in [0.05, 0.1) is 0 Å². The molecule has 4 heterocycles. The number of nitrogens with zero attached hydrogens (tertiary/aromatic N) is 5. The van der Waals surface area contributed by atoms with Crippen molar-refractivity contribution in [2.75, 3.05) is 23.8 Å². The number of carboxylic acids is 1. The normalized spacial score (nSPS) is 19.9. The standard InChI is InChI=1S/C19H20N8O5S4/c20-2-4-33-6-8-5-22-3-1-9(8)35-10-7-34-17-12(16(29)27(17)13(10)18(30)31)23-15(28)11(25-32)14-24-19(21)36-26-14/h1,3,5,11-12,17H,2,4,6-7,20H2,(H,23,28)(H,30,31)(H2,21,24,26). The second kappa shape index (κ2) is 11.5. The number of aromatic nitrogens is 3. The first kappa shape index (κ1) is 26.3. The maximum absolute atomic E-state index is 12.9. The Kier molecular flexibility index (Phi) is 8.45. The second-order valence-corrected chi connectivity index (χ2v) is 11.5. The van der Waals surface area contributed by atoms with Crippen LogP contribution in [0.2, 0.25) is 0 Å². The number of nitrogen functional groups attached to an aromatic ring is 1. The number of amides is 2. The van der Waals surface area contributed by atoms with Crippen molar-refractivity contribution in [2.45, 2.75) is 28.1 Å². The molecule has 0 saturated carbocycles. The van der Waals surface area contributed by atoms with Crippen LogP contribution >= 0.6 is 46.8 Å². The van der Waals surface area contributed by atoms with Crippen LogP contribution in [0, 0.1) is 4.91 Å². The lowest BCUT2D eigenvalue weighted by molar-refractivity contribution is -0.150. The number of pyridine rings is 1. The molecular formula is C19H20N8O5S4. The Hall–Kier alpha value is -2.73. The number of aliphatic carboxylic acids is 1. The molecule has 1 saturated heterocycles. The van der Waals surface area contributed by atoms with Gasteiger partial charge in [-0.2, -0.15) is 16.1 Å². The van der Waals surface area contributed by atoms with Gasteiger partial charge in [-0.3, -0.25) is 19.5 Å². The maximum Gasteiger partial charge on any atom is 0.353 e. The SMILES string of the molecule is NCCSCc1cnccc1SC1=C(C(=O)O)N2C(=O)C(NC(=O)C(N=O)c3nsc(N)n3)C2SC1. The van der Waals surface area contributed by atoms with E-state index in [4.69, 9.17) is 11.5 Å². The lowest BCUT2D eigenvalue weighted by atomic mass is 10.0. The Bertz CT molecular complexity index is 1220. The zero-order valence-corrected chi connectivity index (χ0v) is 21.7. The fraction of sp³-hybridized carbons (Fsp3) is 0.368. The molecule has 3 atom stereocenters. The highest BCUT2D eigenvalue weighted by atomic mass is 32.2. The molecule has 0 bridgehead atoms. The largest absolute Gasteiger partial charge is 0.477 e. The molecule has 2 aromatic heterocycles. The number of rotatable bonds is 11. The van der Waals surface area contributed by atoms with Gasteiger partial charge in [-0.25, -0.2) is 9.78 Å². The van der Waals surface area contributed by atoms with Crippen molar-refractivity contribution in [3.63, 3.8) is 0 Å². The molecule has 36 heavy (non-hydrogen) atoms. The number of carbonyl (C=O) groups excluding carboxylic acids is 2. The number of anilines is 1. The number of carbonyl (C=O) groups is 3. The Balaban J connectivity index is 1.51. The van der Waals surface area contributed by atoms with Crippen LogP contribution in [0.5, 0.6) is 0 Å². The third-order valence-electron chi connectivity index (χ3n) is 5.10. The van der Waals surface area contributed by atoms with Crippen LogP contribution < -0.4 is 16.8 Å². The first-order chi connectivity index (χ1) is 17.3. The van der Waals surface area contributed by atoms with Crippen LogP contribution in [-0.2, 0) is 20.1 Å². The molecule has 0 aliphatic carbocycles. The average Bonchev–Trinajstić information content (AvgIpc) is 3.29. The summed E-state index contributed by atoms with van der Waals surface area (Å²) in [4.78, 5) is 59.5. The summed E-state index contributed by atoms with van der Waals surface area (Å²) in [7, 11) is 0. The van der Waals surface area contributed by atoms with E-state index >= 15 is 0 Å². The summed E-state index contributed by atoms with van der Waals surface area (Å²) in [5.41, 5.74) is 11.9. The van der Waals surface area contributed by atoms with Gasteiger partial charge in [0.2, 0.25) is 6.04 Å². The topological polar surface area (TPSA) is 207 Å². The molecular weight excluding hydrogens is 549 g/mol. The van der Waals surface area contributed by atoms with Crippen molar-refractivity contribution < 1.29 is 19.5 Å². The molecule has 2 aliphatic rings. The lowest BCUT2D eigenvalue weighted by Gasteiger charge is -2.49. The molecule has 0 radical (unpaired) electrons. The van der Waals surface area contributed by atoms with Gasteiger partial charge in [-0.15, -0.1) is 16.7 Å². The Morgan fingerprint density at radius 1 is 1.42 bits per heavy atom. The van der Waals surface area contributed by atoms with Gasteiger partial charge in [0.15, 0.2) is 11.0 Å². The number of fused-ring (bicyclic) bond motifs is 1. The van der Waals surface area contributed by atoms with Crippen LogP contribution in [0.25, 0.3) is 0 Å². The average molecular weight is 569 g/mol. The van der Waals surface area contributed by atoms with E-state index in [1.54, 1.807) is 30.2 Å². The highest BCUT2D eigenvalue weighted by molar-refractivity contribution is 8.06. The van der Waals surface area contributed by atoms with Crippen LogP contribution in [0.1, 0.15) is 17.4 Å². The second-order valence-electron chi connectivity index (χ2n) is 7.40. The van der Waals surface area contributed by atoms with Gasteiger partial charge < -0.3 is 21.9 Å². The first-order valence-corrected chi connectivity index (χ1v) is 14.2. The summed E-state index contributed by atoms with van der Waals surface area (Å²) < 4.78 is 3.83. The number of hydrogen-bond acceptors (Lipinski definition) is 14. The van der Waals surface area contributed by atoms with Crippen molar-refractivity contribution in [1.29, 1.82) is 0 Å². The quantitative estimate of drug-likeness (QED) is 0.170. The van der Waals surface area contributed by atoms with Gasteiger partial charge in [-0.05, 0) is 16.8 Å². The maximum atomic E-state index is 12.9. The van der Waals surface area contributed by atoms with Gasteiger partial charge in [0.25, 0.3) is 11.8 Å². The summed E-state index contributed by atoms with van der Waals surface area (Å²) in [6.45, 7) is 0.548. The van der Waals surface area contributed by atoms with Gasteiger partial charge in [0, 0.05) is 57.5 Å². The highest BCUT2D eigenvalue weighted by Gasteiger charge is 2.55. The predicted octanol–water partition coefficient (Wildman–Crippen LogP) is 1.00. The van der Waals surface area contributed by atoms with E-state index in [0.717, 1.165) is 32.6 Å². The third kappa shape index (κ3) is 5.34. The van der Waals surface area contributed by atoms with Crippen LogP contribution in [0.3, 0.4) is 0 Å². The summed E-state index contributed by atoms with van der Waals surface area (Å²) in [5, 5.41) is 14.6. The van der Waals surface area contributed by atoms with Crippen LogP contribution in [0.4, 0.5) is 5.13 Å². The first-order valence-electron chi connectivity index (χ1n) is 10.4. The molecule has 2 aliphatic heterocycles. The van der Waals surface area contributed by atoms with Crippen molar-refractivity contribution in [3.05, 3.63) is 45.4 Å². The van der Waals surface area contributed by atoms with Crippen molar-refractivity contribution in [1.82, 2.24) is 24.6 Å². The monoisotopic (exact) mass is 568 g/mol. The molecule has 17 heteroatoms. The molecule has 2 aromatic rings. The molecule has 13 nitrogen and oxygen atoms in total. The number of thioether (sulfide) groups is 3. The van der Waals surface area contributed by atoms with E-state index in [1.165, 1.54) is 23.5 Å². The predicted molar refractivity (Wildman–Crippen MR) is 138 cm³/mol. The minimum atomic E-state index is -1.57. The zero-order chi connectivity index (χ0) is 25.8. The van der Waals surface area contributed by atoms with E-state index in [-0.39, 0.29) is 16.7 Å². The minimum Gasteiger partial charge on any atom is -0.477 e. The van der Waals surface area contributed by atoms with E-state index in [2.05, 4.69) is 24.8 Å². The van der Waals surface area contributed by atoms with Crippen molar-refractivity contribution in [2.24, 2.45) is 10.9 Å². The number of nitrogens with one attached hydrogen (secondary N) is 1. The molecule has 0 aromatic carbocycles. The fourth-order valence-electron chi connectivity index (χ4n) is 3.49. The van der Waals surface area contributed by atoms with E-state index in [0.29, 0.717) is 23.0 Å². The number of β-lactam (4-membered cyclic amide) rings is 1. The Morgan fingerprint density at radius 2 is 2.22 bits per heavy atom. The van der Waals surface area contributed by atoms with Gasteiger partial charge in [0.1, 0.15) is 17.1 Å². The van der Waals surface area contributed by atoms with E-state index in [9.17, 15) is 24.4 Å². The smallest absolute Gasteiger partial charge is 0.353 e. The Morgan fingerprint density at radius 3 is 2.89 bits per heavy atom.